The number of hydrogen-bond donors (Lipinski definition) is 0. The molecule has 0 saturated carbocycles. The maximum atomic E-state index is 12.7. The minimum absolute atomic E-state index is 0.134. The second-order valence-corrected chi connectivity index (χ2v) is 8.08. The summed E-state index contributed by atoms with van der Waals surface area (Å²) in [6, 6.07) is 18.1. The van der Waals surface area contributed by atoms with Gasteiger partial charge in [0.2, 0.25) is 0 Å². The van der Waals surface area contributed by atoms with Crippen LogP contribution < -0.4 is 15.2 Å². The van der Waals surface area contributed by atoms with Gasteiger partial charge in [0.25, 0.3) is 5.56 Å². The minimum Gasteiger partial charge on any atom is -0.490 e. The number of fused-ring (bicyclic) bond motifs is 1. The lowest BCUT2D eigenvalue weighted by Gasteiger charge is -2.35. The molecule has 3 aromatic rings. The van der Waals surface area contributed by atoms with Crippen LogP contribution in [-0.4, -0.2) is 30.0 Å². The van der Waals surface area contributed by atoms with Gasteiger partial charge in [-0.2, -0.15) is 5.26 Å². The number of ether oxygens (including phenoxy) is 1. The molecular weight excluding hydrogens is 382 g/mol. The number of benzene rings is 2. The molecule has 29 heavy (non-hydrogen) atoms. The Balaban J connectivity index is 1.57. The third-order valence-electron chi connectivity index (χ3n) is 5.51. The highest BCUT2D eigenvalue weighted by molar-refractivity contribution is 7.98. The van der Waals surface area contributed by atoms with Crippen LogP contribution in [-0.2, 0) is 7.05 Å². The predicted molar refractivity (Wildman–Crippen MR) is 118 cm³/mol. The summed E-state index contributed by atoms with van der Waals surface area (Å²) in [7, 11) is 1.72. The summed E-state index contributed by atoms with van der Waals surface area (Å²) in [5, 5.41) is 10.6. The third-order valence-corrected chi connectivity index (χ3v) is 6.25. The van der Waals surface area contributed by atoms with Crippen molar-refractivity contribution in [1.82, 2.24) is 4.57 Å². The SMILES string of the molecule is CSc1ccc(OC2CCN(c3c(C#N)c(=O)n(C)c4ccccc34)CC2)cc1. The maximum absolute atomic E-state index is 12.7. The van der Waals surface area contributed by atoms with E-state index >= 15 is 0 Å². The van der Waals surface area contributed by atoms with Crippen molar-refractivity contribution in [3.8, 4) is 11.8 Å². The van der Waals surface area contributed by atoms with Gasteiger partial charge in [0, 0.05) is 43.3 Å². The number of para-hydroxylation sites is 1. The van der Waals surface area contributed by atoms with E-state index in [1.165, 1.54) is 4.90 Å². The summed E-state index contributed by atoms with van der Waals surface area (Å²) in [5.41, 5.74) is 1.58. The van der Waals surface area contributed by atoms with E-state index in [4.69, 9.17) is 4.74 Å². The van der Waals surface area contributed by atoms with Crippen molar-refractivity contribution in [1.29, 1.82) is 5.26 Å². The molecule has 0 aliphatic carbocycles. The third kappa shape index (κ3) is 3.70. The fourth-order valence-corrected chi connectivity index (χ4v) is 4.36. The summed E-state index contributed by atoms with van der Waals surface area (Å²) in [6.45, 7) is 1.50. The van der Waals surface area contributed by atoms with Crippen LogP contribution in [0.25, 0.3) is 10.9 Å². The van der Waals surface area contributed by atoms with Gasteiger partial charge in [0.15, 0.2) is 0 Å². The van der Waals surface area contributed by atoms with Crippen molar-refractivity contribution >= 4 is 28.4 Å². The normalized spacial score (nSPS) is 14.7. The average molecular weight is 406 g/mol. The second kappa shape index (κ2) is 8.22. The summed E-state index contributed by atoms with van der Waals surface area (Å²) in [5.74, 6) is 0.887. The van der Waals surface area contributed by atoms with Gasteiger partial charge in [0.05, 0.1) is 11.2 Å². The fraction of sp³-hybridized carbons (Fsp3) is 0.304. The van der Waals surface area contributed by atoms with Crippen molar-refractivity contribution in [2.24, 2.45) is 7.05 Å². The molecule has 148 valence electrons. The monoisotopic (exact) mass is 405 g/mol. The quantitative estimate of drug-likeness (QED) is 0.610. The Bertz CT molecular complexity index is 1120. The highest BCUT2D eigenvalue weighted by atomic mass is 32.2. The minimum atomic E-state index is -0.242. The van der Waals surface area contributed by atoms with Crippen LogP contribution in [0.5, 0.6) is 5.75 Å². The van der Waals surface area contributed by atoms with E-state index in [0.29, 0.717) is 0 Å². The van der Waals surface area contributed by atoms with E-state index in [1.807, 2.05) is 36.4 Å². The van der Waals surface area contributed by atoms with Crippen molar-refractivity contribution < 1.29 is 4.74 Å². The van der Waals surface area contributed by atoms with Crippen molar-refractivity contribution in [2.45, 2.75) is 23.8 Å². The van der Waals surface area contributed by atoms with Crippen LogP contribution >= 0.6 is 11.8 Å². The molecule has 1 aromatic heterocycles. The Labute approximate surface area is 174 Å². The van der Waals surface area contributed by atoms with Crippen molar-refractivity contribution in [2.75, 3.05) is 24.2 Å². The van der Waals surface area contributed by atoms with Gasteiger partial charge in [-0.1, -0.05) is 18.2 Å². The first-order chi connectivity index (χ1) is 14.1. The number of pyridine rings is 1. The molecule has 1 saturated heterocycles. The summed E-state index contributed by atoms with van der Waals surface area (Å²) >= 11 is 1.71. The number of thioether (sulfide) groups is 1. The van der Waals surface area contributed by atoms with Crippen LogP contribution in [0.15, 0.2) is 58.2 Å². The molecule has 4 rings (SSSR count). The van der Waals surface area contributed by atoms with Crippen LogP contribution in [0.2, 0.25) is 0 Å². The molecule has 0 bridgehead atoms. The van der Waals surface area contributed by atoms with E-state index in [2.05, 4.69) is 29.4 Å². The molecule has 1 aliphatic rings. The number of nitriles is 1. The molecular formula is C23H23N3O2S. The first-order valence-corrected chi connectivity index (χ1v) is 10.9. The van der Waals surface area contributed by atoms with Crippen LogP contribution in [0.4, 0.5) is 5.69 Å². The zero-order chi connectivity index (χ0) is 20.4. The molecule has 0 unspecified atom stereocenters. The molecule has 2 aromatic carbocycles. The molecule has 1 fully saturated rings. The van der Waals surface area contributed by atoms with Gasteiger partial charge in [-0.15, -0.1) is 11.8 Å². The zero-order valence-corrected chi connectivity index (χ0v) is 17.4. The number of piperidine rings is 1. The molecule has 0 amide bonds. The molecule has 2 heterocycles. The van der Waals surface area contributed by atoms with E-state index in [9.17, 15) is 10.1 Å². The molecule has 6 heteroatoms. The molecule has 0 radical (unpaired) electrons. The van der Waals surface area contributed by atoms with Crippen LogP contribution in [0.3, 0.4) is 0 Å². The van der Waals surface area contributed by atoms with E-state index in [1.54, 1.807) is 23.4 Å². The number of anilines is 1. The van der Waals surface area contributed by atoms with Gasteiger partial charge in [-0.05, 0) is 36.6 Å². The molecule has 1 aliphatic heterocycles. The maximum Gasteiger partial charge on any atom is 0.270 e. The van der Waals surface area contributed by atoms with Gasteiger partial charge in [-0.25, -0.2) is 0 Å². The topological polar surface area (TPSA) is 58.3 Å². The Kier molecular flexibility index (Phi) is 5.50. The fourth-order valence-electron chi connectivity index (χ4n) is 3.95. The Morgan fingerprint density at radius 3 is 2.45 bits per heavy atom. The smallest absolute Gasteiger partial charge is 0.270 e. The molecule has 0 atom stereocenters. The molecule has 5 nitrogen and oxygen atoms in total. The number of rotatable bonds is 4. The Morgan fingerprint density at radius 2 is 1.79 bits per heavy atom. The highest BCUT2D eigenvalue weighted by Gasteiger charge is 2.26. The molecule has 0 spiro atoms. The van der Waals surface area contributed by atoms with E-state index in [0.717, 1.165) is 48.3 Å². The highest BCUT2D eigenvalue weighted by Crippen LogP contribution is 2.31. The van der Waals surface area contributed by atoms with Crippen LogP contribution in [0.1, 0.15) is 18.4 Å². The first-order valence-electron chi connectivity index (χ1n) is 9.70. The summed E-state index contributed by atoms with van der Waals surface area (Å²) in [6.07, 6.45) is 3.88. The standard InChI is InChI=1S/C23H23N3O2S/c1-25-21-6-4-3-5-19(21)22(20(15-24)23(25)27)26-13-11-17(12-14-26)28-16-7-9-18(29-2)10-8-16/h3-10,17H,11-14H2,1-2H3. The lowest BCUT2D eigenvalue weighted by Crippen LogP contribution is -2.40. The molecule has 0 N–H and O–H groups in total. The number of aryl methyl sites for hydroxylation is 1. The van der Waals surface area contributed by atoms with E-state index < -0.39 is 0 Å². The summed E-state index contributed by atoms with van der Waals surface area (Å²) < 4.78 is 7.72. The predicted octanol–water partition coefficient (Wildman–Crippen LogP) is 4.18. The first kappa shape index (κ1) is 19.4. The second-order valence-electron chi connectivity index (χ2n) is 7.20. The lowest BCUT2D eigenvalue weighted by atomic mass is 10.0. The van der Waals surface area contributed by atoms with Gasteiger partial charge >= 0.3 is 0 Å². The average Bonchev–Trinajstić information content (AvgIpc) is 2.77. The van der Waals surface area contributed by atoms with Gasteiger partial charge in [-0.3, -0.25) is 4.79 Å². The van der Waals surface area contributed by atoms with E-state index in [-0.39, 0.29) is 17.2 Å². The van der Waals surface area contributed by atoms with Crippen LogP contribution in [0, 0.1) is 11.3 Å². The van der Waals surface area contributed by atoms with Gasteiger partial charge in [0.1, 0.15) is 23.5 Å². The van der Waals surface area contributed by atoms with Crippen molar-refractivity contribution in [3.63, 3.8) is 0 Å². The number of nitrogens with zero attached hydrogens (tertiary/aromatic N) is 3. The number of aromatic nitrogens is 1. The zero-order valence-electron chi connectivity index (χ0n) is 16.6. The Hall–Kier alpha value is -2.91. The number of hydrogen-bond acceptors (Lipinski definition) is 5. The van der Waals surface area contributed by atoms with Crippen molar-refractivity contribution in [3.05, 3.63) is 64.4 Å². The largest absolute Gasteiger partial charge is 0.490 e. The Morgan fingerprint density at radius 1 is 1.10 bits per heavy atom. The van der Waals surface area contributed by atoms with Gasteiger partial charge < -0.3 is 14.2 Å². The lowest BCUT2D eigenvalue weighted by molar-refractivity contribution is 0.171. The summed E-state index contributed by atoms with van der Waals surface area (Å²) in [4.78, 5) is 16.1.